The molecule has 1 aliphatic carbocycles. The summed E-state index contributed by atoms with van der Waals surface area (Å²) in [5.41, 5.74) is 4.37. The van der Waals surface area contributed by atoms with Crippen LogP contribution < -0.4 is 10.1 Å². The van der Waals surface area contributed by atoms with Gasteiger partial charge in [0, 0.05) is 29.0 Å². The van der Waals surface area contributed by atoms with Crippen molar-refractivity contribution in [2.24, 2.45) is 0 Å². The monoisotopic (exact) mass is 433 g/mol. The number of carbonyl (C=O) groups is 1. The zero-order valence-corrected chi connectivity index (χ0v) is 18.6. The highest BCUT2D eigenvalue weighted by molar-refractivity contribution is 6.31. The first kappa shape index (κ1) is 21.5. The van der Waals surface area contributed by atoms with Crippen LogP contribution in [0, 0.1) is 0 Å². The third-order valence-electron chi connectivity index (χ3n) is 6.34. The van der Waals surface area contributed by atoms with Crippen molar-refractivity contribution in [3.8, 4) is 16.9 Å². The molecule has 0 saturated heterocycles. The number of hydrogen-bond donors (Lipinski definition) is 1. The Kier molecular flexibility index (Phi) is 6.62. The molecule has 0 aliphatic heterocycles. The standard InChI is InChI=1S/C27H28ClNO2/c1-31-25-13-12-20(18-22(25)21-8-3-2-4-9-21)14-17-29-26(30)19-27(15-7-16-27)23-10-5-6-11-24(23)28/h2-6,8-13,18H,7,14-17,19H2,1H3,(H,29,30). The number of methoxy groups -OCH3 is 1. The zero-order valence-electron chi connectivity index (χ0n) is 17.9. The van der Waals surface area contributed by atoms with Gasteiger partial charge in [-0.3, -0.25) is 4.79 Å². The summed E-state index contributed by atoms with van der Waals surface area (Å²) in [4.78, 5) is 12.7. The summed E-state index contributed by atoms with van der Waals surface area (Å²) in [6.07, 6.45) is 4.45. The lowest BCUT2D eigenvalue weighted by atomic mass is 9.62. The first-order valence-electron chi connectivity index (χ1n) is 10.9. The van der Waals surface area contributed by atoms with E-state index < -0.39 is 0 Å². The fourth-order valence-corrected chi connectivity index (χ4v) is 4.84. The average molecular weight is 434 g/mol. The molecule has 1 amide bonds. The highest BCUT2D eigenvalue weighted by Crippen LogP contribution is 2.48. The quantitative estimate of drug-likeness (QED) is 0.460. The Hall–Kier alpha value is -2.78. The maximum Gasteiger partial charge on any atom is 0.220 e. The molecule has 3 aromatic carbocycles. The van der Waals surface area contributed by atoms with E-state index in [4.69, 9.17) is 16.3 Å². The van der Waals surface area contributed by atoms with Crippen LogP contribution >= 0.6 is 11.6 Å². The molecule has 160 valence electrons. The Morgan fingerprint density at radius 1 is 1.03 bits per heavy atom. The molecule has 1 fully saturated rings. The lowest BCUT2D eigenvalue weighted by Crippen LogP contribution is -2.40. The number of ether oxygens (including phenoxy) is 1. The molecular weight excluding hydrogens is 406 g/mol. The van der Waals surface area contributed by atoms with E-state index in [9.17, 15) is 4.79 Å². The summed E-state index contributed by atoms with van der Waals surface area (Å²) >= 11 is 6.44. The predicted octanol–water partition coefficient (Wildman–Crippen LogP) is 6.19. The van der Waals surface area contributed by atoms with Gasteiger partial charge in [-0.2, -0.15) is 0 Å². The van der Waals surface area contributed by atoms with Crippen molar-refractivity contribution in [3.63, 3.8) is 0 Å². The minimum atomic E-state index is -0.108. The molecular formula is C27H28ClNO2. The highest BCUT2D eigenvalue weighted by Gasteiger charge is 2.41. The molecule has 0 spiro atoms. The van der Waals surface area contributed by atoms with E-state index in [1.165, 1.54) is 5.56 Å². The molecule has 0 bridgehead atoms. The molecule has 1 aliphatic rings. The van der Waals surface area contributed by atoms with E-state index in [-0.39, 0.29) is 11.3 Å². The highest BCUT2D eigenvalue weighted by atomic mass is 35.5. The molecule has 0 unspecified atom stereocenters. The van der Waals surface area contributed by atoms with Gasteiger partial charge < -0.3 is 10.1 Å². The van der Waals surface area contributed by atoms with Crippen LogP contribution in [0.2, 0.25) is 5.02 Å². The molecule has 3 aromatic rings. The summed E-state index contributed by atoms with van der Waals surface area (Å²) in [5.74, 6) is 0.946. The van der Waals surface area contributed by atoms with Crippen molar-refractivity contribution in [2.45, 2.75) is 37.5 Å². The lowest BCUT2D eigenvalue weighted by molar-refractivity contribution is -0.123. The van der Waals surface area contributed by atoms with Gasteiger partial charge in [0.2, 0.25) is 5.91 Å². The normalized spacial score (nSPS) is 14.5. The van der Waals surface area contributed by atoms with Gasteiger partial charge in [-0.15, -0.1) is 0 Å². The Morgan fingerprint density at radius 2 is 1.77 bits per heavy atom. The summed E-state index contributed by atoms with van der Waals surface area (Å²) in [5, 5.41) is 3.88. The van der Waals surface area contributed by atoms with E-state index in [1.807, 2.05) is 42.5 Å². The van der Waals surface area contributed by atoms with Crippen LogP contribution in [-0.2, 0) is 16.6 Å². The first-order valence-corrected chi connectivity index (χ1v) is 11.2. The van der Waals surface area contributed by atoms with Gasteiger partial charge in [-0.1, -0.05) is 72.6 Å². The Bertz CT molecular complexity index is 1040. The molecule has 1 N–H and O–H groups in total. The number of hydrogen-bond acceptors (Lipinski definition) is 2. The van der Waals surface area contributed by atoms with Gasteiger partial charge in [0.15, 0.2) is 0 Å². The molecule has 0 atom stereocenters. The van der Waals surface area contributed by atoms with Crippen LogP contribution in [0.5, 0.6) is 5.75 Å². The van der Waals surface area contributed by atoms with E-state index in [1.54, 1.807) is 7.11 Å². The molecule has 4 rings (SSSR count). The van der Waals surface area contributed by atoms with Gasteiger partial charge >= 0.3 is 0 Å². The second-order valence-corrected chi connectivity index (χ2v) is 8.70. The van der Waals surface area contributed by atoms with Crippen LogP contribution in [0.25, 0.3) is 11.1 Å². The van der Waals surface area contributed by atoms with Gasteiger partial charge in [-0.25, -0.2) is 0 Å². The maximum absolute atomic E-state index is 12.7. The van der Waals surface area contributed by atoms with Crippen LogP contribution in [-0.4, -0.2) is 19.6 Å². The van der Waals surface area contributed by atoms with Gasteiger partial charge in [0.1, 0.15) is 5.75 Å². The van der Waals surface area contributed by atoms with Crippen molar-refractivity contribution in [2.75, 3.05) is 13.7 Å². The van der Waals surface area contributed by atoms with Crippen molar-refractivity contribution in [3.05, 3.63) is 88.9 Å². The largest absolute Gasteiger partial charge is 0.496 e. The molecule has 1 saturated carbocycles. The van der Waals surface area contributed by atoms with Crippen LogP contribution in [0.15, 0.2) is 72.8 Å². The minimum absolute atomic E-state index is 0.0939. The SMILES string of the molecule is COc1ccc(CCNC(=O)CC2(c3ccccc3Cl)CCC2)cc1-c1ccccc1. The fourth-order valence-electron chi connectivity index (χ4n) is 4.51. The van der Waals surface area contributed by atoms with E-state index in [0.29, 0.717) is 13.0 Å². The third-order valence-corrected chi connectivity index (χ3v) is 6.67. The number of halogens is 1. The Morgan fingerprint density at radius 3 is 2.45 bits per heavy atom. The number of rotatable bonds is 8. The molecule has 0 heterocycles. The smallest absolute Gasteiger partial charge is 0.220 e. The van der Waals surface area contributed by atoms with Gasteiger partial charge in [0.05, 0.1) is 7.11 Å². The molecule has 0 aromatic heterocycles. The molecule has 0 radical (unpaired) electrons. The van der Waals surface area contributed by atoms with Crippen LogP contribution in [0.3, 0.4) is 0 Å². The maximum atomic E-state index is 12.7. The van der Waals surface area contributed by atoms with Gasteiger partial charge in [0.25, 0.3) is 0 Å². The van der Waals surface area contributed by atoms with Crippen molar-refractivity contribution in [1.29, 1.82) is 0 Å². The molecule has 4 heteroatoms. The summed E-state index contributed by atoms with van der Waals surface area (Å²) in [7, 11) is 1.69. The zero-order chi connectivity index (χ0) is 21.7. The summed E-state index contributed by atoms with van der Waals surface area (Å²) < 4.78 is 5.54. The topological polar surface area (TPSA) is 38.3 Å². The number of carbonyl (C=O) groups excluding carboxylic acids is 1. The number of nitrogens with one attached hydrogen (secondary N) is 1. The second-order valence-electron chi connectivity index (χ2n) is 8.29. The van der Waals surface area contributed by atoms with Crippen molar-refractivity contribution in [1.82, 2.24) is 5.32 Å². The number of benzene rings is 3. The van der Waals surface area contributed by atoms with Crippen LogP contribution in [0.4, 0.5) is 0 Å². The average Bonchev–Trinajstić information content (AvgIpc) is 2.77. The summed E-state index contributed by atoms with van der Waals surface area (Å²) in [6, 6.07) is 24.4. The predicted molar refractivity (Wildman–Crippen MR) is 127 cm³/mol. The van der Waals surface area contributed by atoms with Crippen molar-refractivity contribution < 1.29 is 9.53 Å². The van der Waals surface area contributed by atoms with E-state index in [0.717, 1.165) is 53.1 Å². The first-order chi connectivity index (χ1) is 15.1. The second kappa shape index (κ2) is 9.57. The molecule has 31 heavy (non-hydrogen) atoms. The van der Waals surface area contributed by atoms with Crippen molar-refractivity contribution >= 4 is 17.5 Å². The van der Waals surface area contributed by atoms with E-state index >= 15 is 0 Å². The third kappa shape index (κ3) is 4.77. The van der Waals surface area contributed by atoms with Crippen LogP contribution in [0.1, 0.15) is 36.8 Å². The van der Waals surface area contributed by atoms with E-state index in [2.05, 4.69) is 35.6 Å². The summed E-state index contributed by atoms with van der Waals surface area (Å²) in [6.45, 7) is 0.609. The minimum Gasteiger partial charge on any atom is -0.496 e. The number of amides is 1. The Labute approximate surface area is 189 Å². The fraction of sp³-hybridized carbons (Fsp3) is 0.296. The Balaban J connectivity index is 1.38. The lowest BCUT2D eigenvalue weighted by Gasteiger charge is -2.42. The molecule has 3 nitrogen and oxygen atoms in total. The van der Waals surface area contributed by atoms with Gasteiger partial charge in [-0.05, 0) is 54.2 Å².